The molecule has 0 aliphatic carbocycles. The van der Waals surface area contributed by atoms with E-state index in [-0.39, 0.29) is 17.1 Å². The zero-order valence-electron chi connectivity index (χ0n) is 13.5. The van der Waals surface area contributed by atoms with E-state index in [1.54, 1.807) is 0 Å². The predicted molar refractivity (Wildman–Crippen MR) is 95.7 cm³/mol. The van der Waals surface area contributed by atoms with Gasteiger partial charge < -0.3 is 0 Å². The average Bonchev–Trinajstić information content (AvgIpc) is 2.61. The lowest BCUT2D eigenvalue weighted by Gasteiger charge is -2.17. The van der Waals surface area contributed by atoms with E-state index >= 15 is 0 Å². The second-order valence-corrected chi connectivity index (χ2v) is 7.74. The molecule has 7 heteroatoms. The lowest BCUT2D eigenvalue weighted by atomic mass is 10.1. The normalized spacial score (nSPS) is 11.8. The van der Waals surface area contributed by atoms with Crippen molar-refractivity contribution in [1.82, 2.24) is 4.31 Å². The molecule has 0 fully saturated rings. The minimum atomic E-state index is -3.72. The molecule has 0 unspecified atom stereocenters. The Balaban J connectivity index is 1.84. The summed E-state index contributed by atoms with van der Waals surface area (Å²) in [6.45, 7) is 0.212. The van der Waals surface area contributed by atoms with Crippen molar-refractivity contribution in [3.8, 4) is 0 Å². The highest BCUT2D eigenvalue weighted by Crippen LogP contribution is 2.22. The molecule has 0 heterocycles. The van der Waals surface area contributed by atoms with E-state index < -0.39 is 14.9 Å². The Morgan fingerprint density at radius 2 is 1.60 bits per heavy atom. The highest BCUT2D eigenvalue weighted by atomic mass is 32.2. The highest BCUT2D eigenvalue weighted by molar-refractivity contribution is 7.89. The molecule has 0 saturated carbocycles. The summed E-state index contributed by atoms with van der Waals surface area (Å²) in [4.78, 5) is 10.2. The van der Waals surface area contributed by atoms with Crippen LogP contribution in [0.4, 0.5) is 5.69 Å². The maximum Gasteiger partial charge on any atom is 0.269 e. The first kappa shape index (κ1) is 17.1. The predicted octanol–water partition coefficient (Wildman–Crippen LogP) is 3.57. The van der Waals surface area contributed by atoms with E-state index in [4.69, 9.17) is 0 Å². The maximum atomic E-state index is 12.6. The van der Waals surface area contributed by atoms with Gasteiger partial charge in [-0.15, -0.1) is 0 Å². The molecule has 3 aromatic carbocycles. The van der Waals surface area contributed by atoms with Crippen LogP contribution in [0.1, 0.15) is 5.56 Å². The zero-order chi connectivity index (χ0) is 18.0. The third-order valence-electron chi connectivity index (χ3n) is 3.97. The lowest BCUT2D eigenvalue weighted by molar-refractivity contribution is -0.384. The summed E-state index contributed by atoms with van der Waals surface area (Å²) in [6, 6.07) is 18.6. The first-order valence-electron chi connectivity index (χ1n) is 7.56. The molecule has 0 spiro atoms. The molecular formula is C18H16N2O4S. The van der Waals surface area contributed by atoms with Crippen molar-refractivity contribution in [2.45, 2.75) is 11.4 Å². The molecule has 0 amide bonds. The topological polar surface area (TPSA) is 80.5 Å². The number of non-ortho nitro benzene ring substituents is 1. The second-order valence-electron chi connectivity index (χ2n) is 5.69. The van der Waals surface area contributed by atoms with Gasteiger partial charge in [0.25, 0.3) is 5.69 Å². The van der Waals surface area contributed by atoms with Gasteiger partial charge in [-0.25, -0.2) is 8.42 Å². The number of hydrogen-bond donors (Lipinski definition) is 0. The van der Waals surface area contributed by atoms with Crippen molar-refractivity contribution in [2.75, 3.05) is 7.05 Å². The van der Waals surface area contributed by atoms with Gasteiger partial charge in [-0.2, -0.15) is 4.31 Å². The molecule has 0 saturated heterocycles. The third kappa shape index (κ3) is 3.52. The average molecular weight is 356 g/mol. The fraction of sp³-hybridized carbons (Fsp3) is 0.111. The number of hydrogen-bond acceptors (Lipinski definition) is 4. The second kappa shape index (κ2) is 6.62. The fourth-order valence-corrected chi connectivity index (χ4v) is 3.76. The van der Waals surface area contributed by atoms with Crippen LogP contribution in [0, 0.1) is 10.1 Å². The van der Waals surface area contributed by atoms with Gasteiger partial charge in [-0.1, -0.05) is 36.4 Å². The van der Waals surface area contributed by atoms with E-state index in [2.05, 4.69) is 0 Å². The van der Waals surface area contributed by atoms with E-state index in [9.17, 15) is 18.5 Å². The van der Waals surface area contributed by atoms with Crippen LogP contribution in [0.15, 0.2) is 71.6 Å². The summed E-state index contributed by atoms with van der Waals surface area (Å²) >= 11 is 0. The Labute approximate surface area is 145 Å². The van der Waals surface area contributed by atoms with Crippen molar-refractivity contribution in [3.05, 3.63) is 82.4 Å². The van der Waals surface area contributed by atoms with Gasteiger partial charge in [0.05, 0.1) is 9.82 Å². The molecule has 0 atom stereocenters. The lowest BCUT2D eigenvalue weighted by Crippen LogP contribution is -2.26. The molecule has 0 bridgehead atoms. The van der Waals surface area contributed by atoms with Crippen LogP contribution in [-0.2, 0) is 16.6 Å². The highest BCUT2D eigenvalue weighted by Gasteiger charge is 2.21. The quantitative estimate of drug-likeness (QED) is 0.517. The first-order valence-corrected chi connectivity index (χ1v) is 9.00. The van der Waals surface area contributed by atoms with E-state index in [0.717, 1.165) is 16.3 Å². The standard InChI is InChI=1S/C18H16N2O4S/c1-19(13-14-6-7-15-4-2-3-5-16(15)12-14)25(23,24)18-10-8-17(9-11-18)20(21)22/h2-12H,13H2,1H3. The molecule has 3 rings (SSSR count). The van der Waals surface area contributed by atoms with Gasteiger partial charge in [0.15, 0.2) is 0 Å². The van der Waals surface area contributed by atoms with Crippen molar-refractivity contribution in [3.63, 3.8) is 0 Å². The van der Waals surface area contributed by atoms with Gasteiger partial charge in [-0.3, -0.25) is 10.1 Å². The van der Waals surface area contributed by atoms with Crippen LogP contribution in [-0.4, -0.2) is 24.7 Å². The molecule has 25 heavy (non-hydrogen) atoms. The van der Waals surface area contributed by atoms with Crippen LogP contribution >= 0.6 is 0 Å². The summed E-state index contributed by atoms with van der Waals surface area (Å²) in [7, 11) is -2.23. The molecule has 0 aromatic heterocycles. The Morgan fingerprint density at radius 1 is 0.960 bits per heavy atom. The minimum Gasteiger partial charge on any atom is -0.258 e. The third-order valence-corrected chi connectivity index (χ3v) is 5.79. The molecule has 0 aliphatic rings. The Morgan fingerprint density at radius 3 is 2.24 bits per heavy atom. The molecular weight excluding hydrogens is 340 g/mol. The summed E-state index contributed by atoms with van der Waals surface area (Å²) in [5, 5.41) is 12.8. The smallest absolute Gasteiger partial charge is 0.258 e. The molecule has 0 aliphatic heterocycles. The summed E-state index contributed by atoms with van der Waals surface area (Å²) in [5.41, 5.74) is 0.725. The number of nitro groups is 1. The number of rotatable bonds is 5. The number of benzene rings is 3. The maximum absolute atomic E-state index is 12.6. The monoisotopic (exact) mass is 356 g/mol. The molecule has 6 nitrogen and oxygen atoms in total. The van der Waals surface area contributed by atoms with Crippen LogP contribution in [0.3, 0.4) is 0 Å². The van der Waals surface area contributed by atoms with E-state index in [0.29, 0.717) is 0 Å². The Kier molecular flexibility index (Phi) is 4.52. The van der Waals surface area contributed by atoms with Gasteiger partial charge in [0, 0.05) is 25.7 Å². The minimum absolute atomic E-state index is 0.0291. The fourth-order valence-electron chi connectivity index (χ4n) is 2.60. The number of fused-ring (bicyclic) bond motifs is 1. The molecule has 3 aromatic rings. The Bertz CT molecular complexity index is 1030. The van der Waals surface area contributed by atoms with Crippen molar-refractivity contribution >= 4 is 26.5 Å². The van der Waals surface area contributed by atoms with Gasteiger partial charge in [-0.05, 0) is 34.5 Å². The molecule has 128 valence electrons. The van der Waals surface area contributed by atoms with Gasteiger partial charge in [0.2, 0.25) is 10.0 Å². The largest absolute Gasteiger partial charge is 0.269 e. The number of nitrogens with zero attached hydrogens (tertiary/aromatic N) is 2. The van der Waals surface area contributed by atoms with Crippen molar-refractivity contribution in [1.29, 1.82) is 0 Å². The van der Waals surface area contributed by atoms with E-state index in [1.807, 2.05) is 42.5 Å². The van der Waals surface area contributed by atoms with Crippen molar-refractivity contribution < 1.29 is 13.3 Å². The summed E-state index contributed by atoms with van der Waals surface area (Å²) < 4.78 is 26.5. The van der Waals surface area contributed by atoms with Crippen LogP contribution < -0.4 is 0 Å². The van der Waals surface area contributed by atoms with Crippen LogP contribution in [0.5, 0.6) is 0 Å². The number of nitro benzene ring substituents is 1. The SMILES string of the molecule is CN(Cc1ccc2ccccc2c1)S(=O)(=O)c1ccc([N+](=O)[O-])cc1. The van der Waals surface area contributed by atoms with Crippen LogP contribution in [0.2, 0.25) is 0 Å². The Hall–Kier alpha value is -2.77. The van der Waals surface area contributed by atoms with Crippen molar-refractivity contribution in [2.24, 2.45) is 0 Å². The van der Waals surface area contributed by atoms with Gasteiger partial charge >= 0.3 is 0 Å². The summed E-state index contributed by atoms with van der Waals surface area (Å²) in [6.07, 6.45) is 0. The first-order chi connectivity index (χ1) is 11.9. The molecule has 0 N–H and O–H groups in total. The van der Waals surface area contributed by atoms with E-state index in [1.165, 1.54) is 35.6 Å². The summed E-state index contributed by atoms with van der Waals surface area (Å²) in [5.74, 6) is 0. The number of sulfonamides is 1. The molecule has 0 radical (unpaired) electrons. The van der Waals surface area contributed by atoms with Gasteiger partial charge in [0.1, 0.15) is 0 Å². The zero-order valence-corrected chi connectivity index (χ0v) is 14.3. The van der Waals surface area contributed by atoms with Crippen LogP contribution in [0.25, 0.3) is 10.8 Å².